The van der Waals surface area contributed by atoms with Crippen molar-refractivity contribution in [2.75, 3.05) is 25.2 Å². The van der Waals surface area contributed by atoms with Crippen molar-refractivity contribution >= 4 is 17.9 Å². The summed E-state index contributed by atoms with van der Waals surface area (Å²) < 4.78 is 5.53. The third kappa shape index (κ3) is 3.51. The number of rotatable bonds is 7. The van der Waals surface area contributed by atoms with Gasteiger partial charge in [0.1, 0.15) is 11.7 Å². The Morgan fingerprint density at radius 2 is 2.14 bits per heavy atom. The summed E-state index contributed by atoms with van der Waals surface area (Å²) in [7, 11) is 1.73. The molecular formula is C22H27N5O. The molecule has 0 saturated carbocycles. The highest BCUT2D eigenvalue weighted by Crippen LogP contribution is 2.39. The van der Waals surface area contributed by atoms with Gasteiger partial charge in [0.25, 0.3) is 0 Å². The average molecular weight is 377 g/mol. The number of benzene rings is 1. The highest BCUT2D eigenvalue weighted by Gasteiger charge is 2.42. The topological polar surface area (TPSA) is 66.7 Å². The Balaban J connectivity index is 1.87. The van der Waals surface area contributed by atoms with E-state index in [1.54, 1.807) is 13.1 Å². The number of amidine groups is 1. The maximum atomic E-state index is 8.27. The third-order valence-electron chi connectivity index (χ3n) is 5.24. The van der Waals surface area contributed by atoms with Crippen LogP contribution in [0.25, 0.3) is 0 Å². The standard InChI is InChI=1S/C22H27N5O/c1-5-6-10-26-17(2)13-27(18(26)3)20-9-7-8-19(11-20)22(14-28-15-22)12-21(24)25(4)16-23/h5-11,13,16,23-24H,1,3,12,14-15H2,2,4H3/b10-6-,23-16?,24-21?. The van der Waals surface area contributed by atoms with Gasteiger partial charge in [-0.2, -0.15) is 0 Å². The summed E-state index contributed by atoms with van der Waals surface area (Å²) in [4.78, 5) is 5.61. The Hall–Kier alpha value is -3.12. The van der Waals surface area contributed by atoms with Crippen molar-refractivity contribution in [1.82, 2.24) is 9.80 Å². The summed E-state index contributed by atoms with van der Waals surface area (Å²) in [5.74, 6) is 1.26. The molecule has 3 rings (SSSR count). The van der Waals surface area contributed by atoms with Crippen LogP contribution >= 0.6 is 0 Å². The highest BCUT2D eigenvalue weighted by molar-refractivity contribution is 5.89. The quantitative estimate of drug-likeness (QED) is 0.428. The van der Waals surface area contributed by atoms with Gasteiger partial charge in [-0.3, -0.25) is 10.8 Å². The lowest BCUT2D eigenvalue weighted by molar-refractivity contribution is -0.0570. The Bertz CT molecular complexity index is 865. The van der Waals surface area contributed by atoms with Crippen LogP contribution in [0.5, 0.6) is 0 Å². The molecule has 1 aromatic carbocycles. The Labute approximate surface area is 166 Å². The fourth-order valence-corrected chi connectivity index (χ4v) is 3.45. The molecule has 1 aromatic rings. The van der Waals surface area contributed by atoms with E-state index >= 15 is 0 Å². The molecule has 2 N–H and O–H groups in total. The summed E-state index contributed by atoms with van der Waals surface area (Å²) in [6, 6.07) is 8.33. The molecular weight excluding hydrogens is 350 g/mol. The molecule has 0 bridgehead atoms. The lowest BCUT2D eigenvalue weighted by Crippen LogP contribution is -2.49. The second kappa shape index (κ2) is 7.86. The van der Waals surface area contributed by atoms with E-state index in [-0.39, 0.29) is 5.41 Å². The van der Waals surface area contributed by atoms with E-state index < -0.39 is 0 Å². The molecule has 1 saturated heterocycles. The predicted octanol–water partition coefficient (Wildman–Crippen LogP) is 4.02. The molecule has 6 nitrogen and oxygen atoms in total. The van der Waals surface area contributed by atoms with Crippen LogP contribution in [0.2, 0.25) is 0 Å². The van der Waals surface area contributed by atoms with Crippen LogP contribution in [0.1, 0.15) is 18.9 Å². The van der Waals surface area contributed by atoms with Crippen LogP contribution in [0.4, 0.5) is 5.69 Å². The summed E-state index contributed by atoms with van der Waals surface area (Å²) >= 11 is 0. The second-order valence-electron chi connectivity index (χ2n) is 7.19. The number of nitrogens with zero attached hydrogens (tertiary/aromatic N) is 3. The van der Waals surface area contributed by atoms with Gasteiger partial charge in [-0.15, -0.1) is 0 Å². The van der Waals surface area contributed by atoms with E-state index in [0.29, 0.717) is 25.5 Å². The first-order valence-electron chi connectivity index (χ1n) is 9.16. The molecule has 0 atom stereocenters. The van der Waals surface area contributed by atoms with Crippen molar-refractivity contribution in [1.29, 1.82) is 10.8 Å². The van der Waals surface area contributed by atoms with Crippen LogP contribution in [-0.4, -0.2) is 42.2 Å². The minimum absolute atomic E-state index is 0.230. The monoisotopic (exact) mass is 377 g/mol. The normalized spacial score (nSPS) is 18.1. The molecule has 0 aromatic heterocycles. The van der Waals surface area contributed by atoms with E-state index in [1.165, 1.54) is 11.2 Å². The van der Waals surface area contributed by atoms with Gasteiger partial charge in [-0.25, -0.2) is 0 Å². The molecule has 2 heterocycles. The number of nitrogens with one attached hydrogen (secondary N) is 2. The molecule has 28 heavy (non-hydrogen) atoms. The van der Waals surface area contributed by atoms with Crippen molar-refractivity contribution in [3.8, 4) is 0 Å². The molecule has 2 aliphatic rings. The van der Waals surface area contributed by atoms with Crippen molar-refractivity contribution in [2.24, 2.45) is 0 Å². The van der Waals surface area contributed by atoms with E-state index in [2.05, 4.69) is 42.5 Å². The molecule has 2 aliphatic heterocycles. The number of ether oxygens (including phenoxy) is 1. The largest absolute Gasteiger partial charge is 0.379 e. The third-order valence-corrected chi connectivity index (χ3v) is 5.24. The van der Waals surface area contributed by atoms with Gasteiger partial charge in [0.15, 0.2) is 0 Å². The van der Waals surface area contributed by atoms with Crippen molar-refractivity contribution < 1.29 is 4.74 Å². The highest BCUT2D eigenvalue weighted by atomic mass is 16.5. The Morgan fingerprint density at radius 3 is 2.75 bits per heavy atom. The Kier molecular flexibility index (Phi) is 5.51. The lowest BCUT2D eigenvalue weighted by atomic mass is 9.75. The predicted molar refractivity (Wildman–Crippen MR) is 114 cm³/mol. The zero-order valence-electron chi connectivity index (χ0n) is 16.5. The van der Waals surface area contributed by atoms with Gasteiger partial charge in [0.2, 0.25) is 0 Å². The van der Waals surface area contributed by atoms with Crippen molar-refractivity contribution in [2.45, 2.75) is 18.8 Å². The molecule has 0 radical (unpaired) electrons. The summed E-state index contributed by atoms with van der Waals surface area (Å²) in [5.41, 5.74) is 3.00. The van der Waals surface area contributed by atoms with Gasteiger partial charge >= 0.3 is 0 Å². The molecule has 0 spiro atoms. The fraction of sp³-hybridized carbons (Fsp3) is 0.273. The van der Waals surface area contributed by atoms with E-state index in [1.807, 2.05) is 30.2 Å². The van der Waals surface area contributed by atoms with Crippen LogP contribution in [0.15, 0.2) is 73.5 Å². The first kappa shape index (κ1) is 19.6. The molecule has 0 aliphatic carbocycles. The number of allylic oxidation sites excluding steroid dienone is 3. The summed E-state index contributed by atoms with van der Waals surface area (Å²) in [6.45, 7) is 11.1. The minimum Gasteiger partial charge on any atom is -0.379 e. The number of hydrogen-bond donors (Lipinski definition) is 2. The van der Waals surface area contributed by atoms with Crippen LogP contribution in [0, 0.1) is 10.8 Å². The molecule has 0 unspecified atom stereocenters. The fourth-order valence-electron chi connectivity index (χ4n) is 3.45. The smallest absolute Gasteiger partial charge is 0.114 e. The maximum absolute atomic E-state index is 8.27. The molecule has 146 valence electrons. The van der Waals surface area contributed by atoms with Gasteiger partial charge in [0, 0.05) is 42.7 Å². The lowest BCUT2D eigenvalue weighted by Gasteiger charge is -2.43. The molecule has 0 amide bonds. The van der Waals surface area contributed by atoms with E-state index in [0.717, 1.165) is 22.8 Å². The van der Waals surface area contributed by atoms with Crippen LogP contribution in [-0.2, 0) is 10.2 Å². The second-order valence-corrected chi connectivity index (χ2v) is 7.19. The summed E-state index contributed by atoms with van der Waals surface area (Å²) in [6.07, 6.45) is 9.33. The van der Waals surface area contributed by atoms with Crippen LogP contribution in [0.3, 0.4) is 0 Å². The van der Waals surface area contributed by atoms with Crippen molar-refractivity contribution in [3.63, 3.8) is 0 Å². The van der Waals surface area contributed by atoms with Gasteiger partial charge < -0.3 is 19.4 Å². The number of anilines is 1. The number of hydrogen-bond acceptors (Lipinski definition) is 5. The van der Waals surface area contributed by atoms with Gasteiger partial charge in [-0.1, -0.05) is 31.4 Å². The first-order chi connectivity index (χ1) is 13.4. The minimum atomic E-state index is -0.230. The van der Waals surface area contributed by atoms with E-state index in [9.17, 15) is 0 Å². The van der Waals surface area contributed by atoms with Crippen LogP contribution < -0.4 is 4.90 Å². The van der Waals surface area contributed by atoms with E-state index in [4.69, 9.17) is 15.6 Å². The average Bonchev–Trinajstić information content (AvgIpc) is 2.96. The zero-order valence-corrected chi connectivity index (χ0v) is 16.5. The molecule has 1 fully saturated rings. The molecule has 6 heteroatoms. The van der Waals surface area contributed by atoms with Crippen molar-refractivity contribution in [3.05, 3.63) is 79.1 Å². The zero-order chi connectivity index (χ0) is 20.3. The SMILES string of the molecule is C=C/C=C\N1C(=C)N(c2cccc(C3(CC(=N)N(C)C=N)COC3)c2)C=C1C. The maximum Gasteiger partial charge on any atom is 0.114 e. The Morgan fingerprint density at radius 1 is 1.39 bits per heavy atom. The van der Waals surface area contributed by atoms with Gasteiger partial charge in [0.05, 0.1) is 19.6 Å². The summed E-state index contributed by atoms with van der Waals surface area (Å²) in [5, 5.41) is 15.6. The van der Waals surface area contributed by atoms with Gasteiger partial charge in [-0.05, 0) is 30.7 Å². The first-order valence-corrected chi connectivity index (χ1v) is 9.16.